The molecule has 30 heavy (non-hydrogen) atoms. The molecule has 3 aromatic carbocycles. The maximum Gasteiger partial charge on any atom is 0.258 e. The second-order valence-electron chi connectivity index (χ2n) is 6.14. The highest BCUT2D eigenvalue weighted by Gasteiger charge is 2.16. The Kier molecular flexibility index (Phi) is 6.30. The van der Waals surface area contributed by atoms with E-state index in [1.165, 1.54) is 49.6 Å². The Morgan fingerprint density at radius 3 is 2.37 bits per heavy atom. The Bertz CT molecular complexity index is 1160. The minimum absolute atomic E-state index is 0.175. The average molecular weight is 424 g/mol. The quantitative estimate of drug-likeness (QED) is 0.612. The molecule has 8 heteroatoms. The first kappa shape index (κ1) is 20.8. The number of nitrogens with one attached hydrogen (secondary N) is 2. The molecule has 0 aliphatic rings. The van der Waals surface area contributed by atoms with Crippen molar-refractivity contribution in [2.45, 2.75) is 0 Å². The molecule has 2 N–H and O–H groups in total. The van der Waals surface area contributed by atoms with Crippen molar-refractivity contribution in [2.75, 3.05) is 17.7 Å². The Morgan fingerprint density at radius 2 is 1.73 bits per heavy atom. The topological polar surface area (TPSA) is 91.2 Å². The zero-order valence-electron chi connectivity index (χ0n) is 15.7. The molecule has 0 unspecified atom stereocenters. The summed E-state index contributed by atoms with van der Waals surface area (Å²) in [4.78, 5) is 24.9. The van der Waals surface area contributed by atoms with E-state index in [1.807, 2.05) is 6.07 Å². The standard InChI is InChI=1S/C22H15ClFN3O3/c1-30-20-9-7-16(26-21(28)14-4-2-13(12-25)3-5-14)11-19(20)27-22(29)17-8-6-15(23)10-18(17)24/h2-11H,1H3,(H,26,28)(H,27,29). The number of carbonyl (C=O) groups excluding carboxylic acids is 2. The summed E-state index contributed by atoms with van der Waals surface area (Å²) in [5, 5.41) is 14.3. The van der Waals surface area contributed by atoms with Gasteiger partial charge in [0.05, 0.1) is 30.0 Å². The summed E-state index contributed by atoms with van der Waals surface area (Å²) in [7, 11) is 1.42. The third kappa shape index (κ3) is 4.74. The lowest BCUT2D eigenvalue weighted by molar-refractivity contribution is 0.101. The Hall–Kier alpha value is -3.89. The van der Waals surface area contributed by atoms with Crippen LogP contribution in [-0.2, 0) is 0 Å². The van der Waals surface area contributed by atoms with Crippen molar-refractivity contribution < 1.29 is 18.7 Å². The number of hydrogen-bond acceptors (Lipinski definition) is 4. The molecule has 0 saturated heterocycles. The van der Waals surface area contributed by atoms with Crippen molar-refractivity contribution in [3.63, 3.8) is 0 Å². The van der Waals surface area contributed by atoms with Crippen LogP contribution < -0.4 is 15.4 Å². The third-order valence-electron chi connectivity index (χ3n) is 4.16. The van der Waals surface area contributed by atoms with Crippen LogP contribution in [0, 0.1) is 17.1 Å². The second kappa shape index (κ2) is 9.07. The normalized spacial score (nSPS) is 10.1. The van der Waals surface area contributed by atoms with Gasteiger partial charge in [-0.3, -0.25) is 9.59 Å². The van der Waals surface area contributed by atoms with Gasteiger partial charge in [-0.2, -0.15) is 5.26 Å². The predicted octanol–water partition coefficient (Wildman–Crippen LogP) is 4.86. The molecule has 0 saturated carbocycles. The van der Waals surface area contributed by atoms with Crippen molar-refractivity contribution in [2.24, 2.45) is 0 Å². The van der Waals surface area contributed by atoms with Crippen LogP contribution in [0.3, 0.4) is 0 Å². The summed E-state index contributed by atoms with van der Waals surface area (Å²) in [6.45, 7) is 0. The van der Waals surface area contributed by atoms with Crippen LogP contribution in [-0.4, -0.2) is 18.9 Å². The largest absolute Gasteiger partial charge is 0.495 e. The molecule has 0 radical (unpaired) electrons. The molecule has 0 atom stereocenters. The molecule has 150 valence electrons. The maximum absolute atomic E-state index is 14.0. The molecular weight excluding hydrogens is 409 g/mol. The molecule has 0 aromatic heterocycles. The van der Waals surface area contributed by atoms with Gasteiger partial charge in [0.25, 0.3) is 11.8 Å². The van der Waals surface area contributed by atoms with Gasteiger partial charge in [-0.1, -0.05) is 11.6 Å². The van der Waals surface area contributed by atoms with E-state index in [9.17, 15) is 14.0 Å². The highest BCUT2D eigenvalue weighted by molar-refractivity contribution is 6.30. The number of carbonyl (C=O) groups is 2. The molecule has 0 bridgehead atoms. The van der Waals surface area contributed by atoms with E-state index in [0.717, 1.165) is 6.07 Å². The second-order valence-corrected chi connectivity index (χ2v) is 6.57. The number of anilines is 2. The van der Waals surface area contributed by atoms with Crippen LogP contribution in [0.15, 0.2) is 60.7 Å². The molecule has 0 aliphatic carbocycles. The molecule has 2 amide bonds. The Labute approximate surface area is 176 Å². The minimum atomic E-state index is -0.760. The fraction of sp³-hybridized carbons (Fsp3) is 0.0455. The summed E-state index contributed by atoms with van der Waals surface area (Å²) in [6.07, 6.45) is 0. The van der Waals surface area contributed by atoms with Gasteiger partial charge >= 0.3 is 0 Å². The van der Waals surface area contributed by atoms with Crippen LogP contribution in [0.1, 0.15) is 26.3 Å². The Morgan fingerprint density at radius 1 is 1.00 bits per heavy atom. The fourth-order valence-electron chi connectivity index (χ4n) is 2.65. The van der Waals surface area contributed by atoms with Crippen molar-refractivity contribution in [3.8, 4) is 11.8 Å². The smallest absolute Gasteiger partial charge is 0.258 e. The monoisotopic (exact) mass is 423 g/mol. The SMILES string of the molecule is COc1ccc(NC(=O)c2ccc(C#N)cc2)cc1NC(=O)c1ccc(Cl)cc1F. The van der Waals surface area contributed by atoms with Gasteiger partial charge in [-0.05, 0) is 60.7 Å². The molecule has 3 aromatic rings. The number of hydrogen-bond donors (Lipinski definition) is 2. The van der Waals surface area contributed by atoms with E-state index in [0.29, 0.717) is 22.6 Å². The van der Waals surface area contributed by atoms with Crippen LogP contribution >= 0.6 is 11.6 Å². The summed E-state index contributed by atoms with van der Waals surface area (Å²) >= 11 is 5.72. The number of methoxy groups -OCH3 is 1. The molecular formula is C22H15ClFN3O3. The van der Waals surface area contributed by atoms with Crippen molar-refractivity contribution in [3.05, 3.63) is 88.2 Å². The number of rotatable bonds is 5. The lowest BCUT2D eigenvalue weighted by Crippen LogP contribution is -2.15. The molecule has 0 aliphatic heterocycles. The zero-order chi connectivity index (χ0) is 21.7. The molecule has 0 heterocycles. The minimum Gasteiger partial charge on any atom is -0.495 e. The van der Waals surface area contributed by atoms with Gasteiger partial charge in [0.15, 0.2) is 0 Å². The third-order valence-corrected chi connectivity index (χ3v) is 4.39. The van der Waals surface area contributed by atoms with Gasteiger partial charge in [0.1, 0.15) is 11.6 Å². The summed E-state index contributed by atoms with van der Waals surface area (Å²) < 4.78 is 19.3. The van der Waals surface area contributed by atoms with Gasteiger partial charge in [-0.15, -0.1) is 0 Å². The fourth-order valence-corrected chi connectivity index (χ4v) is 2.80. The number of amides is 2. The molecule has 6 nitrogen and oxygen atoms in total. The van der Waals surface area contributed by atoms with E-state index in [4.69, 9.17) is 21.6 Å². The predicted molar refractivity (Wildman–Crippen MR) is 111 cm³/mol. The first-order valence-electron chi connectivity index (χ1n) is 8.67. The highest BCUT2D eigenvalue weighted by Crippen LogP contribution is 2.29. The number of benzene rings is 3. The number of nitriles is 1. The average Bonchev–Trinajstić information content (AvgIpc) is 2.74. The zero-order valence-corrected chi connectivity index (χ0v) is 16.5. The lowest BCUT2D eigenvalue weighted by atomic mass is 10.1. The van der Waals surface area contributed by atoms with Crippen LogP contribution in [0.2, 0.25) is 5.02 Å². The van der Waals surface area contributed by atoms with Crippen LogP contribution in [0.25, 0.3) is 0 Å². The van der Waals surface area contributed by atoms with E-state index in [1.54, 1.807) is 12.1 Å². The first-order chi connectivity index (χ1) is 14.4. The van der Waals surface area contributed by atoms with E-state index < -0.39 is 17.6 Å². The van der Waals surface area contributed by atoms with Crippen molar-refractivity contribution in [1.82, 2.24) is 0 Å². The van der Waals surface area contributed by atoms with Crippen molar-refractivity contribution in [1.29, 1.82) is 5.26 Å². The number of ether oxygens (including phenoxy) is 1. The van der Waals surface area contributed by atoms with E-state index >= 15 is 0 Å². The summed E-state index contributed by atoms with van der Waals surface area (Å²) in [6, 6.07) is 16.5. The van der Waals surface area contributed by atoms with E-state index in [-0.39, 0.29) is 16.3 Å². The van der Waals surface area contributed by atoms with Crippen LogP contribution in [0.5, 0.6) is 5.75 Å². The van der Waals surface area contributed by atoms with Crippen LogP contribution in [0.4, 0.5) is 15.8 Å². The van der Waals surface area contributed by atoms with Gasteiger partial charge in [0.2, 0.25) is 0 Å². The van der Waals surface area contributed by atoms with Gasteiger partial charge in [-0.25, -0.2) is 4.39 Å². The van der Waals surface area contributed by atoms with Crippen molar-refractivity contribution >= 4 is 34.8 Å². The Balaban J connectivity index is 1.81. The maximum atomic E-state index is 14.0. The molecule has 0 fully saturated rings. The summed E-state index contributed by atoms with van der Waals surface area (Å²) in [5.41, 5.74) is 1.24. The number of nitrogens with zero attached hydrogens (tertiary/aromatic N) is 1. The number of halogens is 2. The summed E-state index contributed by atoms with van der Waals surface area (Å²) in [5.74, 6) is -1.53. The first-order valence-corrected chi connectivity index (χ1v) is 9.05. The highest BCUT2D eigenvalue weighted by atomic mass is 35.5. The molecule has 3 rings (SSSR count). The van der Waals surface area contributed by atoms with Gasteiger partial charge < -0.3 is 15.4 Å². The van der Waals surface area contributed by atoms with Gasteiger partial charge in [0, 0.05) is 16.3 Å². The lowest BCUT2D eigenvalue weighted by Gasteiger charge is -2.13. The molecule has 0 spiro atoms. The van der Waals surface area contributed by atoms with E-state index in [2.05, 4.69) is 10.6 Å².